The maximum Gasteiger partial charge on any atom is 0.275 e. The van der Waals surface area contributed by atoms with Gasteiger partial charge < -0.3 is 5.32 Å². The number of halogens is 3. The standard InChI is InChI=1S/C22H15Br2FN2O/c23-14-5-9-16(10-6-14)26-20-13-21(18-3-1-2-4-19(18)25)27(22(20)28)17-11-7-15(24)8-12-17/h1-13,21,26H. The van der Waals surface area contributed by atoms with E-state index in [4.69, 9.17) is 0 Å². The highest BCUT2D eigenvalue weighted by Gasteiger charge is 2.36. The SMILES string of the molecule is O=C1C(Nc2ccc(Br)cc2)=CC(c2ccccc2F)N1c1ccc(Br)cc1. The van der Waals surface area contributed by atoms with Gasteiger partial charge in [-0.15, -0.1) is 0 Å². The minimum Gasteiger partial charge on any atom is -0.351 e. The van der Waals surface area contributed by atoms with E-state index >= 15 is 0 Å². The van der Waals surface area contributed by atoms with Gasteiger partial charge in [0.25, 0.3) is 5.91 Å². The molecule has 1 N–H and O–H groups in total. The van der Waals surface area contributed by atoms with Gasteiger partial charge in [0.05, 0.1) is 6.04 Å². The van der Waals surface area contributed by atoms with Crippen molar-refractivity contribution in [1.29, 1.82) is 0 Å². The maximum atomic E-state index is 14.5. The summed E-state index contributed by atoms with van der Waals surface area (Å²) in [5, 5.41) is 3.17. The van der Waals surface area contributed by atoms with E-state index in [1.54, 1.807) is 29.2 Å². The predicted molar refractivity (Wildman–Crippen MR) is 117 cm³/mol. The molecule has 0 aliphatic carbocycles. The van der Waals surface area contributed by atoms with Crippen LogP contribution in [0.5, 0.6) is 0 Å². The highest BCUT2D eigenvalue weighted by atomic mass is 79.9. The van der Waals surface area contributed by atoms with E-state index in [1.807, 2.05) is 48.5 Å². The van der Waals surface area contributed by atoms with E-state index in [2.05, 4.69) is 37.2 Å². The second kappa shape index (κ2) is 7.89. The lowest BCUT2D eigenvalue weighted by Crippen LogP contribution is -2.31. The first kappa shape index (κ1) is 18.9. The molecule has 0 fully saturated rings. The monoisotopic (exact) mass is 500 g/mol. The number of amides is 1. The molecule has 4 rings (SSSR count). The molecule has 0 bridgehead atoms. The number of anilines is 2. The fourth-order valence-corrected chi connectivity index (χ4v) is 3.70. The first-order chi connectivity index (χ1) is 13.5. The summed E-state index contributed by atoms with van der Waals surface area (Å²) in [5.74, 6) is -0.554. The van der Waals surface area contributed by atoms with Crippen molar-refractivity contribution in [2.75, 3.05) is 10.2 Å². The Kier molecular flexibility index (Phi) is 5.33. The molecule has 3 aromatic carbocycles. The molecule has 3 nitrogen and oxygen atoms in total. The highest BCUT2D eigenvalue weighted by molar-refractivity contribution is 9.10. The number of carbonyl (C=O) groups excluding carboxylic acids is 1. The summed E-state index contributed by atoms with van der Waals surface area (Å²) in [6.45, 7) is 0. The number of hydrogen-bond acceptors (Lipinski definition) is 2. The molecule has 140 valence electrons. The van der Waals surface area contributed by atoms with Gasteiger partial charge in [0.15, 0.2) is 0 Å². The van der Waals surface area contributed by atoms with Crippen LogP contribution in [0.15, 0.2) is 93.5 Å². The molecule has 28 heavy (non-hydrogen) atoms. The molecule has 1 unspecified atom stereocenters. The summed E-state index contributed by atoms with van der Waals surface area (Å²) in [7, 11) is 0. The number of carbonyl (C=O) groups is 1. The Bertz CT molecular complexity index is 1050. The topological polar surface area (TPSA) is 32.3 Å². The quantitative estimate of drug-likeness (QED) is 0.446. The highest BCUT2D eigenvalue weighted by Crippen LogP contribution is 2.37. The zero-order valence-corrected chi connectivity index (χ0v) is 17.7. The van der Waals surface area contributed by atoms with Crippen molar-refractivity contribution in [3.8, 4) is 0 Å². The Morgan fingerprint density at radius 1 is 0.857 bits per heavy atom. The van der Waals surface area contributed by atoms with Crippen LogP contribution in [-0.4, -0.2) is 5.91 Å². The lowest BCUT2D eigenvalue weighted by atomic mass is 10.1. The maximum absolute atomic E-state index is 14.5. The van der Waals surface area contributed by atoms with Crippen molar-refractivity contribution < 1.29 is 9.18 Å². The van der Waals surface area contributed by atoms with Crippen LogP contribution in [0.4, 0.5) is 15.8 Å². The second-order valence-electron chi connectivity index (χ2n) is 6.33. The van der Waals surface area contributed by atoms with Crippen molar-refractivity contribution in [2.24, 2.45) is 0 Å². The summed E-state index contributed by atoms with van der Waals surface area (Å²) in [6, 6.07) is 20.9. The van der Waals surface area contributed by atoms with Crippen LogP contribution in [0.2, 0.25) is 0 Å². The first-order valence-electron chi connectivity index (χ1n) is 8.61. The van der Waals surface area contributed by atoms with Gasteiger partial charge in [-0.2, -0.15) is 0 Å². The van der Waals surface area contributed by atoms with Gasteiger partial charge in [-0.25, -0.2) is 4.39 Å². The fourth-order valence-electron chi connectivity index (χ4n) is 3.17. The summed E-state index contributed by atoms with van der Waals surface area (Å²) >= 11 is 6.81. The van der Waals surface area contributed by atoms with Gasteiger partial charge in [0.2, 0.25) is 0 Å². The zero-order chi connectivity index (χ0) is 19.7. The van der Waals surface area contributed by atoms with E-state index in [0.29, 0.717) is 16.9 Å². The van der Waals surface area contributed by atoms with E-state index in [1.165, 1.54) is 6.07 Å². The molecule has 0 saturated carbocycles. The third-order valence-electron chi connectivity index (χ3n) is 4.50. The number of hydrogen-bond donors (Lipinski definition) is 1. The van der Waals surface area contributed by atoms with Crippen LogP contribution in [0.25, 0.3) is 0 Å². The van der Waals surface area contributed by atoms with E-state index in [0.717, 1.165) is 14.6 Å². The second-order valence-corrected chi connectivity index (χ2v) is 8.16. The Morgan fingerprint density at radius 3 is 2.11 bits per heavy atom. The van der Waals surface area contributed by atoms with Gasteiger partial charge >= 0.3 is 0 Å². The van der Waals surface area contributed by atoms with Gasteiger partial charge in [-0.3, -0.25) is 9.69 Å². The molecule has 3 aromatic rings. The summed E-state index contributed by atoms with van der Waals surface area (Å²) in [5.41, 5.74) is 2.35. The summed E-state index contributed by atoms with van der Waals surface area (Å²) in [6.07, 6.45) is 1.77. The molecule has 0 spiro atoms. The lowest BCUT2D eigenvalue weighted by Gasteiger charge is -2.25. The number of benzene rings is 3. The molecule has 1 heterocycles. The van der Waals surface area contributed by atoms with Crippen LogP contribution < -0.4 is 10.2 Å². The van der Waals surface area contributed by atoms with Gasteiger partial charge in [0, 0.05) is 25.9 Å². The van der Waals surface area contributed by atoms with E-state index in [9.17, 15) is 9.18 Å². The Hall–Kier alpha value is -2.44. The van der Waals surface area contributed by atoms with Crippen molar-refractivity contribution >= 4 is 49.1 Å². The van der Waals surface area contributed by atoms with Crippen molar-refractivity contribution in [3.05, 3.63) is 105 Å². The van der Waals surface area contributed by atoms with Crippen LogP contribution in [0.1, 0.15) is 11.6 Å². The molecule has 0 aromatic heterocycles. The molecular weight excluding hydrogens is 487 g/mol. The molecule has 1 aliphatic heterocycles. The number of nitrogens with zero attached hydrogens (tertiary/aromatic N) is 1. The Labute approximate surface area is 179 Å². The minimum absolute atomic E-state index is 0.210. The van der Waals surface area contributed by atoms with Crippen LogP contribution in [-0.2, 0) is 4.79 Å². The van der Waals surface area contributed by atoms with Crippen LogP contribution in [0.3, 0.4) is 0 Å². The van der Waals surface area contributed by atoms with Gasteiger partial charge in [-0.05, 0) is 60.7 Å². The largest absolute Gasteiger partial charge is 0.351 e. The van der Waals surface area contributed by atoms with E-state index in [-0.39, 0.29) is 11.7 Å². The van der Waals surface area contributed by atoms with Crippen LogP contribution >= 0.6 is 31.9 Å². The average Bonchev–Trinajstić information content (AvgIpc) is 3.01. The molecule has 1 atom stereocenters. The lowest BCUT2D eigenvalue weighted by molar-refractivity contribution is -0.114. The van der Waals surface area contributed by atoms with Crippen molar-refractivity contribution in [1.82, 2.24) is 0 Å². The third kappa shape index (κ3) is 3.75. The fraction of sp³-hybridized carbons (Fsp3) is 0.0455. The molecule has 1 amide bonds. The van der Waals surface area contributed by atoms with Gasteiger partial charge in [-0.1, -0.05) is 50.1 Å². The van der Waals surface area contributed by atoms with E-state index < -0.39 is 6.04 Å². The first-order valence-corrected chi connectivity index (χ1v) is 10.2. The normalized spacial score (nSPS) is 16.2. The zero-order valence-electron chi connectivity index (χ0n) is 14.6. The molecule has 6 heteroatoms. The molecule has 1 aliphatic rings. The Morgan fingerprint density at radius 2 is 1.46 bits per heavy atom. The predicted octanol–water partition coefficient (Wildman–Crippen LogP) is 6.43. The number of rotatable bonds is 4. The van der Waals surface area contributed by atoms with Crippen molar-refractivity contribution in [3.63, 3.8) is 0 Å². The molecular formula is C22H15Br2FN2O. The number of nitrogens with one attached hydrogen (secondary N) is 1. The molecule has 0 radical (unpaired) electrons. The van der Waals surface area contributed by atoms with Crippen molar-refractivity contribution in [2.45, 2.75) is 6.04 Å². The summed E-state index contributed by atoms with van der Waals surface area (Å²) in [4.78, 5) is 14.8. The molecule has 0 saturated heterocycles. The minimum atomic E-state index is -0.534. The van der Waals surface area contributed by atoms with Gasteiger partial charge in [0.1, 0.15) is 11.5 Å². The van der Waals surface area contributed by atoms with Crippen LogP contribution in [0, 0.1) is 5.82 Å². The summed E-state index contributed by atoms with van der Waals surface area (Å²) < 4.78 is 16.4. The third-order valence-corrected chi connectivity index (χ3v) is 5.56. The Balaban J connectivity index is 1.74. The average molecular weight is 502 g/mol. The smallest absolute Gasteiger partial charge is 0.275 e.